The summed E-state index contributed by atoms with van der Waals surface area (Å²) in [5.41, 5.74) is 1.72. The Morgan fingerprint density at radius 1 is 1.22 bits per heavy atom. The molecule has 4 nitrogen and oxygen atoms in total. The highest BCUT2D eigenvalue weighted by atomic mass is 35.5. The zero-order valence-corrected chi connectivity index (χ0v) is 14.6. The lowest BCUT2D eigenvalue weighted by Gasteiger charge is -2.09. The standard InChI is InChI=1S/C17H19Cl2N3O/c1-11(2)7-8-20-13-4-6-16(21-10-13)17(23)22-15-5-3-12(18)9-14(15)19/h3-6,9-11,20H,7-8H2,1-2H3,(H,22,23). The predicted molar refractivity (Wildman–Crippen MR) is 96.6 cm³/mol. The van der Waals surface area contributed by atoms with Crippen molar-refractivity contribution in [1.82, 2.24) is 4.98 Å². The van der Waals surface area contributed by atoms with E-state index in [0.29, 0.717) is 27.3 Å². The Kier molecular flexibility index (Phi) is 6.25. The molecule has 0 unspecified atom stereocenters. The van der Waals surface area contributed by atoms with Gasteiger partial charge in [-0.25, -0.2) is 4.98 Å². The van der Waals surface area contributed by atoms with Crippen LogP contribution in [0.5, 0.6) is 0 Å². The van der Waals surface area contributed by atoms with Crippen molar-refractivity contribution >= 4 is 40.5 Å². The minimum absolute atomic E-state index is 0.317. The van der Waals surface area contributed by atoms with Gasteiger partial charge in [0.25, 0.3) is 5.91 Å². The number of hydrogen-bond donors (Lipinski definition) is 2. The predicted octanol–water partition coefficient (Wildman–Crippen LogP) is 5.10. The second-order valence-electron chi connectivity index (χ2n) is 5.62. The number of nitrogens with one attached hydrogen (secondary N) is 2. The number of amides is 1. The molecule has 23 heavy (non-hydrogen) atoms. The van der Waals surface area contributed by atoms with Gasteiger partial charge in [-0.3, -0.25) is 4.79 Å². The van der Waals surface area contributed by atoms with Crippen LogP contribution in [0.2, 0.25) is 10.0 Å². The summed E-state index contributed by atoms with van der Waals surface area (Å²) in [6.45, 7) is 5.23. The summed E-state index contributed by atoms with van der Waals surface area (Å²) >= 11 is 11.9. The SMILES string of the molecule is CC(C)CCNc1ccc(C(=O)Nc2ccc(Cl)cc2Cl)nc1. The van der Waals surface area contributed by atoms with Gasteiger partial charge >= 0.3 is 0 Å². The van der Waals surface area contributed by atoms with E-state index in [4.69, 9.17) is 23.2 Å². The molecule has 0 radical (unpaired) electrons. The fourth-order valence-electron chi connectivity index (χ4n) is 1.92. The summed E-state index contributed by atoms with van der Waals surface area (Å²) in [7, 11) is 0. The van der Waals surface area contributed by atoms with E-state index in [1.807, 2.05) is 6.07 Å². The maximum absolute atomic E-state index is 12.2. The minimum atomic E-state index is -0.317. The number of halogens is 2. The summed E-state index contributed by atoms with van der Waals surface area (Å²) in [5.74, 6) is 0.326. The lowest BCUT2D eigenvalue weighted by molar-refractivity contribution is 0.102. The molecule has 0 aliphatic heterocycles. The number of rotatable bonds is 6. The highest BCUT2D eigenvalue weighted by Gasteiger charge is 2.10. The molecule has 0 saturated carbocycles. The zero-order valence-electron chi connectivity index (χ0n) is 13.1. The van der Waals surface area contributed by atoms with Crippen LogP contribution in [0.15, 0.2) is 36.5 Å². The monoisotopic (exact) mass is 351 g/mol. The van der Waals surface area contributed by atoms with Crippen LogP contribution in [0.1, 0.15) is 30.8 Å². The number of benzene rings is 1. The zero-order chi connectivity index (χ0) is 16.8. The van der Waals surface area contributed by atoms with Gasteiger partial charge in [-0.05, 0) is 42.7 Å². The van der Waals surface area contributed by atoms with Gasteiger partial charge in [0, 0.05) is 11.6 Å². The van der Waals surface area contributed by atoms with Crippen molar-refractivity contribution in [3.63, 3.8) is 0 Å². The third-order valence-electron chi connectivity index (χ3n) is 3.23. The van der Waals surface area contributed by atoms with Crippen LogP contribution in [-0.4, -0.2) is 17.4 Å². The number of hydrogen-bond acceptors (Lipinski definition) is 3. The molecule has 0 fully saturated rings. The van der Waals surface area contributed by atoms with Crippen LogP contribution >= 0.6 is 23.2 Å². The molecule has 1 aromatic carbocycles. The molecule has 0 spiro atoms. The maximum Gasteiger partial charge on any atom is 0.274 e. The van der Waals surface area contributed by atoms with Crippen molar-refractivity contribution in [3.05, 3.63) is 52.3 Å². The average Bonchev–Trinajstić information content (AvgIpc) is 2.50. The van der Waals surface area contributed by atoms with E-state index < -0.39 is 0 Å². The lowest BCUT2D eigenvalue weighted by atomic mass is 10.1. The number of carbonyl (C=O) groups excluding carboxylic acids is 1. The molecular formula is C17H19Cl2N3O. The van der Waals surface area contributed by atoms with Crippen LogP contribution in [0, 0.1) is 5.92 Å². The Bertz CT molecular complexity index is 672. The number of carbonyl (C=O) groups is 1. The molecule has 0 saturated heterocycles. The smallest absolute Gasteiger partial charge is 0.274 e. The molecule has 122 valence electrons. The molecule has 0 atom stereocenters. The minimum Gasteiger partial charge on any atom is -0.384 e. The maximum atomic E-state index is 12.2. The molecule has 6 heteroatoms. The average molecular weight is 352 g/mol. The molecule has 0 aliphatic rings. The van der Waals surface area contributed by atoms with Crippen molar-refractivity contribution in [2.45, 2.75) is 20.3 Å². The second kappa shape index (κ2) is 8.18. The highest BCUT2D eigenvalue weighted by molar-refractivity contribution is 6.36. The van der Waals surface area contributed by atoms with Crippen LogP contribution in [0.4, 0.5) is 11.4 Å². The second-order valence-corrected chi connectivity index (χ2v) is 6.46. The summed E-state index contributed by atoms with van der Waals surface area (Å²) in [4.78, 5) is 16.4. The molecule has 2 N–H and O–H groups in total. The quantitative estimate of drug-likeness (QED) is 0.761. The van der Waals surface area contributed by atoms with Gasteiger partial charge < -0.3 is 10.6 Å². The Morgan fingerprint density at radius 3 is 2.61 bits per heavy atom. The molecule has 1 heterocycles. The third kappa shape index (κ3) is 5.41. The first-order valence-electron chi connectivity index (χ1n) is 7.42. The van der Waals surface area contributed by atoms with Crippen molar-refractivity contribution in [1.29, 1.82) is 0 Å². The van der Waals surface area contributed by atoms with Gasteiger partial charge in [-0.1, -0.05) is 37.0 Å². The molecule has 1 aromatic heterocycles. The summed E-state index contributed by atoms with van der Waals surface area (Å²) in [6, 6.07) is 8.42. The van der Waals surface area contributed by atoms with E-state index in [9.17, 15) is 4.79 Å². The van der Waals surface area contributed by atoms with E-state index in [-0.39, 0.29) is 5.91 Å². The third-order valence-corrected chi connectivity index (χ3v) is 3.77. The Labute approximate surface area is 146 Å². The lowest BCUT2D eigenvalue weighted by Crippen LogP contribution is -2.14. The highest BCUT2D eigenvalue weighted by Crippen LogP contribution is 2.25. The number of anilines is 2. The Balaban J connectivity index is 1.97. The van der Waals surface area contributed by atoms with Crippen molar-refractivity contribution < 1.29 is 4.79 Å². The van der Waals surface area contributed by atoms with Crippen molar-refractivity contribution in [2.75, 3.05) is 17.2 Å². The summed E-state index contributed by atoms with van der Waals surface area (Å²) < 4.78 is 0. The van der Waals surface area contributed by atoms with Gasteiger partial charge in [0.1, 0.15) is 5.69 Å². The first kappa shape index (κ1) is 17.6. The topological polar surface area (TPSA) is 54.0 Å². The van der Waals surface area contributed by atoms with Gasteiger partial charge in [-0.2, -0.15) is 0 Å². The number of aromatic nitrogens is 1. The van der Waals surface area contributed by atoms with Gasteiger partial charge in [0.15, 0.2) is 0 Å². The fourth-order valence-corrected chi connectivity index (χ4v) is 2.37. The Hall–Kier alpha value is -1.78. The molecule has 2 rings (SSSR count). The largest absolute Gasteiger partial charge is 0.384 e. The molecule has 1 amide bonds. The summed E-state index contributed by atoms with van der Waals surface area (Å²) in [5, 5.41) is 6.90. The van der Waals surface area contributed by atoms with Gasteiger partial charge in [0.05, 0.1) is 22.6 Å². The van der Waals surface area contributed by atoms with Gasteiger partial charge in [0.2, 0.25) is 0 Å². The van der Waals surface area contributed by atoms with E-state index in [2.05, 4.69) is 29.5 Å². The van der Waals surface area contributed by atoms with Crippen LogP contribution in [0.25, 0.3) is 0 Å². The number of pyridine rings is 1. The first-order chi connectivity index (χ1) is 11.0. The van der Waals surface area contributed by atoms with Crippen molar-refractivity contribution in [2.24, 2.45) is 5.92 Å². The molecule has 2 aromatic rings. The normalized spacial score (nSPS) is 10.7. The van der Waals surface area contributed by atoms with E-state index in [1.54, 1.807) is 30.5 Å². The van der Waals surface area contributed by atoms with Crippen LogP contribution in [0.3, 0.4) is 0 Å². The van der Waals surface area contributed by atoms with Crippen LogP contribution < -0.4 is 10.6 Å². The molecular weight excluding hydrogens is 333 g/mol. The van der Waals surface area contributed by atoms with E-state index in [0.717, 1.165) is 18.7 Å². The molecule has 0 aliphatic carbocycles. The first-order valence-corrected chi connectivity index (χ1v) is 8.17. The summed E-state index contributed by atoms with van der Waals surface area (Å²) in [6.07, 6.45) is 2.73. The van der Waals surface area contributed by atoms with Crippen molar-refractivity contribution in [3.8, 4) is 0 Å². The van der Waals surface area contributed by atoms with Gasteiger partial charge in [-0.15, -0.1) is 0 Å². The fraction of sp³-hybridized carbons (Fsp3) is 0.294. The van der Waals surface area contributed by atoms with E-state index >= 15 is 0 Å². The Morgan fingerprint density at radius 2 is 2.00 bits per heavy atom. The molecule has 0 bridgehead atoms. The number of nitrogens with zero attached hydrogens (tertiary/aromatic N) is 1. The van der Waals surface area contributed by atoms with E-state index in [1.165, 1.54) is 0 Å². The van der Waals surface area contributed by atoms with Crippen LogP contribution in [-0.2, 0) is 0 Å².